The van der Waals surface area contributed by atoms with Crippen molar-refractivity contribution >= 4 is 11.4 Å². The fourth-order valence-corrected chi connectivity index (χ4v) is 4.15. The van der Waals surface area contributed by atoms with Crippen molar-refractivity contribution in [3.05, 3.63) is 24.3 Å². The molecule has 4 rings (SSSR count). The normalized spacial score (nSPS) is 38.7. The highest BCUT2D eigenvalue weighted by Crippen LogP contribution is 2.67. The highest BCUT2D eigenvalue weighted by Gasteiger charge is 2.73. The van der Waals surface area contributed by atoms with Crippen LogP contribution in [0.2, 0.25) is 0 Å². The lowest BCUT2D eigenvalue weighted by molar-refractivity contribution is 0.250. The van der Waals surface area contributed by atoms with Gasteiger partial charge in [0.2, 0.25) is 0 Å². The number of rotatable bonds is 2. The minimum Gasteiger partial charge on any atom is -0.388 e. The summed E-state index contributed by atoms with van der Waals surface area (Å²) in [5.74, 6) is 1.02. The highest BCUT2D eigenvalue weighted by atomic mass is 15.4. The Balaban J connectivity index is 1.63. The Hall–Kier alpha value is -1.18. The molecule has 2 nitrogen and oxygen atoms in total. The van der Waals surface area contributed by atoms with Crippen LogP contribution >= 0.6 is 0 Å². The second-order valence-electron chi connectivity index (χ2n) is 5.49. The standard InChI is InChI=1S/C14H18N2/c1-15-11-3-5-12(6-4-11)16-13-7-2-10-8-9-14(10,13)16/h3-6,10,13,15H,2,7-9H2,1H3. The lowest BCUT2D eigenvalue weighted by atomic mass is 9.74. The summed E-state index contributed by atoms with van der Waals surface area (Å²) < 4.78 is 0. The van der Waals surface area contributed by atoms with Crippen molar-refractivity contribution in [3.8, 4) is 0 Å². The molecule has 0 bridgehead atoms. The molecule has 1 saturated heterocycles. The number of benzene rings is 1. The fraction of sp³-hybridized carbons (Fsp3) is 0.571. The molecule has 16 heavy (non-hydrogen) atoms. The molecule has 1 heterocycles. The van der Waals surface area contributed by atoms with Crippen LogP contribution in [0.25, 0.3) is 0 Å². The third kappa shape index (κ3) is 0.853. The van der Waals surface area contributed by atoms with E-state index < -0.39 is 0 Å². The van der Waals surface area contributed by atoms with Crippen LogP contribution in [0.1, 0.15) is 25.7 Å². The number of piperidine rings is 1. The molecule has 1 aromatic carbocycles. The SMILES string of the molecule is CNc1ccc(N2C3CCC4CCC432)cc1. The van der Waals surface area contributed by atoms with Gasteiger partial charge in [0.15, 0.2) is 0 Å². The fourth-order valence-electron chi connectivity index (χ4n) is 4.15. The molecule has 3 unspecified atom stereocenters. The maximum Gasteiger partial charge on any atom is 0.0637 e. The zero-order valence-corrected chi connectivity index (χ0v) is 9.74. The minimum absolute atomic E-state index is 0.626. The zero-order valence-electron chi connectivity index (χ0n) is 9.74. The summed E-state index contributed by atoms with van der Waals surface area (Å²) >= 11 is 0. The predicted octanol–water partition coefficient (Wildman–Crippen LogP) is 2.86. The molecule has 3 aliphatic rings. The maximum atomic E-state index is 3.18. The van der Waals surface area contributed by atoms with E-state index >= 15 is 0 Å². The monoisotopic (exact) mass is 214 g/mol. The number of nitrogens with one attached hydrogen (secondary N) is 1. The van der Waals surface area contributed by atoms with Crippen LogP contribution < -0.4 is 10.2 Å². The van der Waals surface area contributed by atoms with E-state index in [1.54, 1.807) is 0 Å². The smallest absolute Gasteiger partial charge is 0.0637 e. The van der Waals surface area contributed by atoms with Crippen molar-refractivity contribution < 1.29 is 0 Å². The van der Waals surface area contributed by atoms with Gasteiger partial charge in [-0.25, -0.2) is 0 Å². The molecule has 84 valence electrons. The maximum absolute atomic E-state index is 3.18. The Kier molecular flexibility index (Phi) is 1.52. The minimum atomic E-state index is 0.626. The van der Waals surface area contributed by atoms with Gasteiger partial charge in [0, 0.05) is 18.4 Å². The molecular weight excluding hydrogens is 196 g/mol. The van der Waals surface area contributed by atoms with Crippen molar-refractivity contribution in [1.29, 1.82) is 0 Å². The molecule has 1 aliphatic heterocycles. The Bertz CT molecular complexity index is 425. The lowest BCUT2D eigenvalue weighted by Gasteiger charge is -2.36. The third-order valence-electron chi connectivity index (χ3n) is 5.09. The molecule has 0 aromatic heterocycles. The van der Waals surface area contributed by atoms with E-state index in [1.807, 2.05) is 7.05 Å². The number of anilines is 2. The molecular formula is C14H18N2. The lowest BCUT2D eigenvalue weighted by Crippen LogP contribution is -2.37. The van der Waals surface area contributed by atoms with E-state index in [1.165, 1.54) is 37.1 Å². The van der Waals surface area contributed by atoms with Gasteiger partial charge in [-0.3, -0.25) is 0 Å². The molecule has 2 saturated carbocycles. The van der Waals surface area contributed by atoms with Gasteiger partial charge in [0.25, 0.3) is 0 Å². The van der Waals surface area contributed by atoms with E-state index in [9.17, 15) is 0 Å². The van der Waals surface area contributed by atoms with Gasteiger partial charge < -0.3 is 10.2 Å². The summed E-state index contributed by atoms with van der Waals surface area (Å²) in [6.07, 6.45) is 5.83. The first-order valence-electron chi connectivity index (χ1n) is 6.43. The largest absolute Gasteiger partial charge is 0.388 e. The molecule has 3 atom stereocenters. The van der Waals surface area contributed by atoms with Gasteiger partial charge in [-0.1, -0.05) is 0 Å². The average molecular weight is 214 g/mol. The summed E-state index contributed by atoms with van der Waals surface area (Å²) in [6.45, 7) is 0. The summed E-state index contributed by atoms with van der Waals surface area (Å²) in [5.41, 5.74) is 3.27. The van der Waals surface area contributed by atoms with E-state index in [2.05, 4.69) is 34.5 Å². The first kappa shape index (κ1) is 8.91. The predicted molar refractivity (Wildman–Crippen MR) is 66.9 cm³/mol. The molecule has 0 amide bonds. The molecule has 2 aliphatic carbocycles. The van der Waals surface area contributed by atoms with Crippen molar-refractivity contribution in [1.82, 2.24) is 0 Å². The topological polar surface area (TPSA) is 15.0 Å². The van der Waals surface area contributed by atoms with Crippen LogP contribution in [0.4, 0.5) is 11.4 Å². The molecule has 0 radical (unpaired) electrons. The molecule has 1 spiro atoms. The van der Waals surface area contributed by atoms with Crippen LogP contribution in [-0.4, -0.2) is 18.6 Å². The second-order valence-corrected chi connectivity index (χ2v) is 5.49. The van der Waals surface area contributed by atoms with E-state index in [4.69, 9.17) is 0 Å². The van der Waals surface area contributed by atoms with Gasteiger partial charge in [-0.05, 0) is 55.9 Å². The molecule has 1 N–H and O–H groups in total. The molecule has 3 fully saturated rings. The number of hydrogen-bond acceptors (Lipinski definition) is 2. The Morgan fingerprint density at radius 1 is 1.19 bits per heavy atom. The van der Waals surface area contributed by atoms with E-state index in [0.717, 1.165) is 12.0 Å². The molecule has 1 aromatic rings. The van der Waals surface area contributed by atoms with Gasteiger partial charge >= 0.3 is 0 Å². The highest BCUT2D eigenvalue weighted by molar-refractivity contribution is 5.66. The zero-order chi connectivity index (χ0) is 10.8. The van der Waals surface area contributed by atoms with E-state index in [-0.39, 0.29) is 0 Å². The number of nitrogens with zero attached hydrogens (tertiary/aromatic N) is 1. The van der Waals surface area contributed by atoms with Crippen LogP contribution in [0.15, 0.2) is 24.3 Å². The second kappa shape index (κ2) is 2.73. The summed E-state index contributed by atoms with van der Waals surface area (Å²) in [6, 6.07) is 9.80. The van der Waals surface area contributed by atoms with E-state index in [0.29, 0.717) is 5.54 Å². The summed E-state index contributed by atoms with van der Waals surface area (Å²) in [5, 5.41) is 3.18. The van der Waals surface area contributed by atoms with Crippen molar-refractivity contribution in [2.45, 2.75) is 37.3 Å². The average Bonchev–Trinajstić information content (AvgIpc) is 2.92. The molecule has 2 heteroatoms. The number of hydrogen-bond donors (Lipinski definition) is 1. The quantitative estimate of drug-likeness (QED) is 0.761. The first-order valence-corrected chi connectivity index (χ1v) is 6.43. The van der Waals surface area contributed by atoms with Crippen LogP contribution in [0.5, 0.6) is 0 Å². The summed E-state index contributed by atoms with van der Waals surface area (Å²) in [7, 11) is 1.97. The Morgan fingerprint density at radius 3 is 2.56 bits per heavy atom. The van der Waals surface area contributed by atoms with Gasteiger partial charge in [-0.2, -0.15) is 0 Å². The third-order valence-corrected chi connectivity index (χ3v) is 5.09. The van der Waals surface area contributed by atoms with Crippen LogP contribution in [0, 0.1) is 5.92 Å². The first-order chi connectivity index (χ1) is 7.86. The Morgan fingerprint density at radius 2 is 2.00 bits per heavy atom. The van der Waals surface area contributed by atoms with Crippen molar-refractivity contribution in [3.63, 3.8) is 0 Å². The Labute approximate surface area is 96.6 Å². The van der Waals surface area contributed by atoms with Crippen LogP contribution in [0.3, 0.4) is 0 Å². The van der Waals surface area contributed by atoms with Crippen LogP contribution in [-0.2, 0) is 0 Å². The van der Waals surface area contributed by atoms with Gasteiger partial charge in [0.05, 0.1) is 11.6 Å². The van der Waals surface area contributed by atoms with Gasteiger partial charge in [-0.15, -0.1) is 0 Å². The summed E-state index contributed by atoms with van der Waals surface area (Å²) in [4.78, 5) is 2.68. The van der Waals surface area contributed by atoms with Gasteiger partial charge in [0.1, 0.15) is 0 Å². The van der Waals surface area contributed by atoms with Crippen molar-refractivity contribution in [2.75, 3.05) is 17.3 Å². The van der Waals surface area contributed by atoms with Crippen molar-refractivity contribution in [2.24, 2.45) is 5.92 Å².